The Morgan fingerprint density at radius 3 is 2.10 bits per heavy atom. The van der Waals surface area contributed by atoms with E-state index < -0.39 is 207 Å². The summed E-state index contributed by atoms with van der Waals surface area (Å²) in [6.07, 6.45) is -6.11. The number of benzene rings is 3. The van der Waals surface area contributed by atoms with Gasteiger partial charge in [-0.05, 0) is 106 Å². The van der Waals surface area contributed by atoms with Crippen LogP contribution in [0.5, 0.6) is 11.5 Å². The van der Waals surface area contributed by atoms with Crippen LogP contribution in [0, 0.1) is 5.92 Å². The van der Waals surface area contributed by atoms with Crippen molar-refractivity contribution in [2.75, 3.05) is 77.7 Å². The normalized spacial score (nSPS) is 25.1. The van der Waals surface area contributed by atoms with E-state index in [0.717, 1.165) is 104 Å². The maximum Gasteiger partial charge on any atom is 0.266 e. The van der Waals surface area contributed by atoms with Gasteiger partial charge in [0.15, 0.2) is 11.5 Å². The van der Waals surface area contributed by atoms with Crippen molar-refractivity contribution in [1.82, 2.24) is 56.3 Å². The topological polar surface area (TPSA) is 502 Å². The van der Waals surface area contributed by atoms with Crippen molar-refractivity contribution in [3.63, 3.8) is 0 Å². The second-order valence-electron chi connectivity index (χ2n) is 26.2. The first-order valence-corrected chi connectivity index (χ1v) is 36.0. The first-order valence-electron chi connectivity index (χ1n) is 33.7. The van der Waals surface area contributed by atoms with E-state index in [-0.39, 0.29) is 23.8 Å². The number of imidazole rings is 1. The molecule has 4 aliphatic heterocycles. The van der Waals surface area contributed by atoms with Gasteiger partial charge in [0.25, 0.3) is 17.1 Å². The van der Waals surface area contributed by atoms with E-state index in [0.29, 0.717) is 16.2 Å². The number of phenols is 1. The third-order valence-corrected chi connectivity index (χ3v) is 19.9. The fourth-order valence-corrected chi connectivity index (χ4v) is 14.1. The van der Waals surface area contributed by atoms with Crippen LogP contribution in [-0.2, 0) is 44.7 Å². The number of nitrogens with zero attached hydrogens (tertiary/aromatic N) is 6. The summed E-state index contributed by atoms with van der Waals surface area (Å²) in [5, 5.41) is 119. The monoisotopic (exact) mass is 1470 g/mol. The van der Waals surface area contributed by atoms with Crippen molar-refractivity contribution < 1.29 is 107 Å². The summed E-state index contributed by atoms with van der Waals surface area (Å²) in [6, 6.07) is 4.78. The maximum atomic E-state index is 15.0. The Hall–Kier alpha value is -7.76. The van der Waals surface area contributed by atoms with Crippen LogP contribution in [0.15, 0.2) is 72.9 Å². The average Bonchev–Trinajstić information content (AvgIpc) is 1.63. The van der Waals surface area contributed by atoms with Crippen LogP contribution in [0.2, 0.25) is 0 Å². The minimum atomic E-state index is -4.75. The number of hydrogen-bond donors (Lipinski definition) is 18. The van der Waals surface area contributed by atoms with E-state index in [9.17, 15) is 93.2 Å². The molecule has 560 valence electrons. The molecular formula is C66H92N12O22S2. The van der Waals surface area contributed by atoms with Gasteiger partial charge in [0.2, 0.25) is 40.4 Å². The molecule has 102 heavy (non-hydrogen) atoms. The van der Waals surface area contributed by atoms with Crippen LogP contribution in [0.4, 0.5) is 5.69 Å². The third-order valence-electron chi connectivity index (χ3n) is 18.5. The Bertz CT molecular complexity index is 3640. The molecule has 4 saturated heterocycles. The van der Waals surface area contributed by atoms with Crippen molar-refractivity contribution >= 4 is 74.5 Å². The van der Waals surface area contributed by atoms with E-state index in [1.54, 1.807) is 30.0 Å². The lowest BCUT2D eigenvalue weighted by Gasteiger charge is -2.34. The highest BCUT2D eigenvalue weighted by atomic mass is 32.3. The third kappa shape index (κ3) is 20.1. The smallest absolute Gasteiger partial charge is 0.266 e. The van der Waals surface area contributed by atoms with Gasteiger partial charge in [0, 0.05) is 101 Å². The number of methoxy groups -OCH3 is 1. The predicted octanol–water partition coefficient (Wildman–Crippen LogP) is -1.57. The summed E-state index contributed by atoms with van der Waals surface area (Å²) in [6.45, 7) is 2.80. The molecule has 2 aromatic heterocycles. The molecule has 13 atom stereocenters. The first kappa shape index (κ1) is 78.4. The molecule has 7 amide bonds. The summed E-state index contributed by atoms with van der Waals surface area (Å²) in [7, 11) is 1.71. The second-order valence-corrected chi connectivity index (χ2v) is 28.2. The quantitative estimate of drug-likeness (QED) is 0.0294. The number of aromatic hydroxyl groups is 1. The highest BCUT2D eigenvalue weighted by Gasteiger charge is 2.50. The summed E-state index contributed by atoms with van der Waals surface area (Å²) in [5.74, 6) is -10.5. The molecule has 0 bridgehead atoms. The molecule has 34 nitrogen and oxygen atoms in total. The zero-order valence-corrected chi connectivity index (χ0v) is 58.1. The molecule has 0 aliphatic carbocycles. The van der Waals surface area contributed by atoms with Gasteiger partial charge in [-0.25, -0.2) is 9.50 Å². The Morgan fingerprint density at radius 2 is 1.43 bits per heavy atom. The number of aliphatic hydroxyl groups is 8. The zero-order chi connectivity index (χ0) is 73.7. The van der Waals surface area contributed by atoms with Crippen molar-refractivity contribution in [3.8, 4) is 33.3 Å². The number of carbonyl (C=O) groups excluding carboxylic acids is 7. The first-order chi connectivity index (χ1) is 48.6. The van der Waals surface area contributed by atoms with Crippen LogP contribution in [-0.4, -0.2) is 283 Å². The Labute approximate surface area is 592 Å². The number of hydrogen-bond acceptors (Lipinski definition) is 27. The number of anilines is 1. The fourth-order valence-electron chi connectivity index (χ4n) is 12.8. The van der Waals surface area contributed by atoms with Gasteiger partial charge in [0.1, 0.15) is 41.3 Å². The lowest BCUT2D eigenvalue weighted by Crippen LogP contribution is -2.64. The number of piperidine rings is 1. The molecule has 3 aromatic carbocycles. The van der Waals surface area contributed by atoms with E-state index >= 15 is 0 Å². The number of nitrogens with one attached hydrogen (secondary N) is 6. The number of ether oxygens (including phenoxy) is 2. The molecule has 4 fully saturated rings. The Morgan fingerprint density at radius 1 is 0.765 bits per heavy atom. The fraction of sp³-hybridized carbons (Fsp3) is 0.561. The molecule has 0 radical (unpaired) electrons. The van der Waals surface area contributed by atoms with E-state index in [2.05, 4.69) is 53.1 Å². The standard InChI is InChI=1S/C66H92N12O22S2/c1-35-30-77-56(57(35)87)62(92)68-29-43(82)27-46(69-58(88)39-10-8-38(9-11-39)47-32-78-66(70-47)101-63(74-78)40-12-14-42(15-13-40)75-21-18-45(19-22-75)99-24-6-4-5-23-98-3)59(89)71-53(36(2)81)64(93)76-31-44(83)28-48(76)60(90)72-54(51(86)25-37-7-16-49(84)52(26-37)100-102(95,96)97)61(91)73-55(65(77)94)50(85)17-20-67-41(33-79)34-80/h7-16,26,32,35-36,41,43-46,48,50-51,53-57,67,79-87,95-97H,4-6,17-25,27-31,33-34H2,1-3H3,(H,68,92)(H,69,88)(H,71,89)(H,72,90)(H,73,91)/t35-,36+,43+,44+,46?,48-,50+,51+,53-,54-,55-,56-,57-/m0/s1. The minimum absolute atomic E-state index is 0.000310. The van der Waals surface area contributed by atoms with Gasteiger partial charge >= 0.3 is 0 Å². The van der Waals surface area contributed by atoms with E-state index in [1.165, 1.54) is 36.5 Å². The van der Waals surface area contributed by atoms with E-state index in [4.69, 9.17) is 19.6 Å². The average molecular weight is 1470 g/mol. The molecule has 9 rings (SSSR count). The van der Waals surface area contributed by atoms with Gasteiger partial charge in [0.05, 0.1) is 73.9 Å². The van der Waals surface area contributed by atoms with E-state index in [1.807, 2.05) is 12.1 Å². The number of aliphatic hydroxyl groups excluding tert-OH is 8. The van der Waals surface area contributed by atoms with Crippen LogP contribution in [0.25, 0.3) is 26.8 Å². The number of rotatable bonds is 25. The summed E-state index contributed by atoms with van der Waals surface area (Å²) in [4.78, 5) is 112. The number of fused-ring (bicyclic) bond motifs is 3. The van der Waals surface area contributed by atoms with Crippen molar-refractivity contribution in [2.24, 2.45) is 5.92 Å². The van der Waals surface area contributed by atoms with Crippen LogP contribution in [0.3, 0.4) is 0 Å². The largest absolute Gasteiger partial charge is 0.504 e. The SMILES string of the molecule is COCCCCCOC1CCN(c2ccc(-c3nn4cc(-c5ccc(C(=O)NC6C[C@@H](O)CNC(=O)[C@@H]7[C@@H](O)[C@@H](C)CN7C(=O)[C@H]([C@H](O)CCNC(CO)CO)NC(=O)[C@H]([C@H](O)Cc7ccc(O)c(OS(O)(O)O)c7)NC(=O)[C@@H]7C[C@@H](O)CN7C(=O)[C@H]([C@@H](C)O)NC6=O)cc5)nc4s3)cc2)CC1. The number of phenolic OH excluding ortho intramolecular Hbond substituents is 1. The van der Waals surface area contributed by atoms with Gasteiger partial charge < -0.3 is 106 Å². The van der Waals surface area contributed by atoms with Crippen LogP contribution in [0.1, 0.15) is 81.1 Å². The maximum absolute atomic E-state index is 15.0. The minimum Gasteiger partial charge on any atom is -0.504 e. The molecule has 1 unspecified atom stereocenters. The zero-order valence-electron chi connectivity index (χ0n) is 56.5. The molecule has 0 spiro atoms. The molecule has 4 aliphatic rings. The summed E-state index contributed by atoms with van der Waals surface area (Å²) >= 11 is -3.37. The second kappa shape index (κ2) is 35.6. The molecular weight excluding hydrogens is 1380 g/mol. The molecule has 5 aromatic rings. The highest BCUT2D eigenvalue weighted by molar-refractivity contribution is 8.15. The molecule has 18 N–H and O–H groups in total. The van der Waals surface area contributed by atoms with Gasteiger partial charge in [-0.2, -0.15) is 5.10 Å². The van der Waals surface area contributed by atoms with Crippen molar-refractivity contribution in [3.05, 3.63) is 84.1 Å². The van der Waals surface area contributed by atoms with Gasteiger partial charge in [-0.3, -0.25) is 47.2 Å². The van der Waals surface area contributed by atoms with Crippen LogP contribution < -0.4 is 41.0 Å². The molecule has 0 saturated carbocycles. The van der Waals surface area contributed by atoms with Crippen molar-refractivity contribution in [2.45, 2.75) is 157 Å². The number of aromatic nitrogens is 3. The lowest BCUT2D eigenvalue weighted by atomic mass is 9.98. The Balaban J connectivity index is 0.950. The highest BCUT2D eigenvalue weighted by Crippen LogP contribution is 2.41. The van der Waals surface area contributed by atoms with Crippen molar-refractivity contribution in [1.29, 1.82) is 0 Å². The predicted molar refractivity (Wildman–Crippen MR) is 368 cm³/mol. The number of carbonyl (C=O) groups is 7. The lowest BCUT2D eigenvalue weighted by molar-refractivity contribution is -0.147. The number of amides is 7. The van der Waals surface area contributed by atoms with Gasteiger partial charge in [-0.15, -0.1) is 0 Å². The summed E-state index contributed by atoms with van der Waals surface area (Å²) in [5.41, 5.74) is 3.05. The molecule has 36 heteroatoms. The van der Waals surface area contributed by atoms with Gasteiger partial charge in [-0.1, -0.05) is 36.5 Å². The molecule has 6 heterocycles. The summed E-state index contributed by atoms with van der Waals surface area (Å²) < 4.78 is 46.4. The Kier molecular flexibility index (Phi) is 27.4. The number of β-amino-alcohol motifs (C(OH)–C–C–N with tert-alkyl or cyclic N) is 1. The number of unbranched alkanes of at least 4 members (excludes halogenated alkanes) is 2. The van der Waals surface area contributed by atoms with Crippen LogP contribution >= 0.6 is 22.5 Å².